The van der Waals surface area contributed by atoms with E-state index < -0.39 is 10.0 Å². The molecule has 0 aliphatic heterocycles. The number of rotatable bonds is 6. The number of aromatic nitrogens is 1. The third-order valence-electron chi connectivity index (χ3n) is 2.56. The number of halogens is 1. The number of nitrogen functional groups attached to an aromatic ring is 1. The first-order valence-electron chi connectivity index (χ1n) is 6.05. The van der Waals surface area contributed by atoms with Gasteiger partial charge >= 0.3 is 0 Å². The van der Waals surface area contributed by atoms with E-state index in [0.717, 1.165) is 0 Å². The zero-order chi connectivity index (χ0) is 15.3. The van der Waals surface area contributed by atoms with Crippen molar-refractivity contribution in [1.82, 2.24) is 4.98 Å². The molecule has 112 valence electrons. The normalized spacial score (nSPS) is 11.1. The van der Waals surface area contributed by atoms with Gasteiger partial charge in [0, 0.05) is 6.20 Å². The van der Waals surface area contributed by atoms with Crippen LogP contribution >= 0.6 is 11.6 Å². The van der Waals surface area contributed by atoms with Gasteiger partial charge in [-0.15, -0.1) is 0 Å². The Labute approximate surface area is 128 Å². The van der Waals surface area contributed by atoms with Gasteiger partial charge in [0.15, 0.2) is 0 Å². The van der Waals surface area contributed by atoms with E-state index in [2.05, 4.69) is 9.71 Å². The first-order chi connectivity index (χ1) is 9.98. The predicted octanol–water partition coefficient (Wildman–Crippen LogP) is 2.14. The Hall–Kier alpha value is -1.99. The van der Waals surface area contributed by atoms with E-state index in [4.69, 9.17) is 22.1 Å². The standard InChI is InChI=1S/C13H14ClN3O3S/c14-10-5-6-16-9-12(10)17-21(18,19)8-7-20-13-4-2-1-3-11(13)15/h1-6,9,17H,7-8,15H2. The van der Waals surface area contributed by atoms with Crippen molar-refractivity contribution >= 4 is 33.0 Å². The molecule has 3 N–H and O–H groups in total. The van der Waals surface area contributed by atoms with Gasteiger partial charge in [-0.2, -0.15) is 0 Å². The van der Waals surface area contributed by atoms with Crippen LogP contribution in [0.3, 0.4) is 0 Å². The minimum atomic E-state index is -3.58. The second-order valence-electron chi connectivity index (χ2n) is 4.16. The second kappa shape index (κ2) is 6.64. The number of hydrogen-bond acceptors (Lipinski definition) is 5. The topological polar surface area (TPSA) is 94.3 Å². The lowest BCUT2D eigenvalue weighted by molar-refractivity contribution is 0.343. The van der Waals surface area contributed by atoms with Crippen LogP contribution in [-0.2, 0) is 10.0 Å². The molecular formula is C13H14ClN3O3S. The van der Waals surface area contributed by atoms with E-state index in [0.29, 0.717) is 11.4 Å². The molecule has 0 spiro atoms. The monoisotopic (exact) mass is 327 g/mol. The number of nitrogens with one attached hydrogen (secondary N) is 1. The molecule has 21 heavy (non-hydrogen) atoms. The number of anilines is 2. The van der Waals surface area contributed by atoms with Crippen molar-refractivity contribution in [1.29, 1.82) is 0 Å². The molecule has 1 aromatic carbocycles. The minimum Gasteiger partial charge on any atom is -0.490 e. The zero-order valence-electron chi connectivity index (χ0n) is 11.0. The van der Waals surface area contributed by atoms with Crippen LogP contribution in [-0.4, -0.2) is 25.8 Å². The maximum Gasteiger partial charge on any atom is 0.236 e. The molecule has 0 bridgehead atoms. The summed E-state index contributed by atoms with van der Waals surface area (Å²) in [6.45, 7) is -0.0264. The van der Waals surface area contributed by atoms with Crippen molar-refractivity contribution in [3.05, 3.63) is 47.7 Å². The van der Waals surface area contributed by atoms with Crippen LogP contribution in [0.5, 0.6) is 5.75 Å². The second-order valence-corrected chi connectivity index (χ2v) is 6.41. The van der Waals surface area contributed by atoms with Crippen molar-refractivity contribution in [2.75, 3.05) is 22.8 Å². The van der Waals surface area contributed by atoms with Crippen molar-refractivity contribution in [2.24, 2.45) is 0 Å². The van der Waals surface area contributed by atoms with Gasteiger partial charge in [-0.25, -0.2) is 8.42 Å². The van der Waals surface area contributed by atoms with Gasteiger partial charge in [-0.05, 0) is 18.2 Å². The summed E-state index contributed by atoms with van der Waals surface area (Å²) in [5.41, 5.74) is 6.39. The van der Waals surface area contributed by atoms with Crippen LogP contribution in [0.2, 0.25) is 5.02 Å². The fourth-order valence-corrected chi connectivity index (χ4v) is 2.66. The van der Waals surface area contributed by atoms with Crippen LogP contribution in [0.1, 0.15) is 0 Å². The number of ether oxygens (including phenoxy) is 1. The Morgan fingerprint density at radius 2 is 2.05 bits per heavy atom. The number of hydrogen-bond donors (Lipinski definition) is 2. The summed E-state index contributed by atoms with van der Waals surface area (Å²) in [5, 5.41) is 0.279. The number of nitrogens with two attached hydrogens (primary N) is 1. The van der Waals surface area contributed by atoms with Gasteiger partial charge in [0.05, 0.1) is 22.6 Å². The van der Waals surface area contributed by atoms with Crippen molar-refractivity contribution < 1.29 is 13.2 Å². The van der Waals surface area contributed by atoms with Gasteiger partial charge < -0.3 is 10.5 Å². The maximum absolute atomic E-state index is 11.9. The average Bonchev–Trinajstić information content (AvgIpc) is 2.43. The number of sulfonamides is 1. The van der Waals surface area contributed by atoms with Crippen LogP contribution in [0.4, 0.5) is 11.4 Å². The van der Waals surface area contributed by atoms with E-state index in [9.17, 15) is 8.42 Å². The number of para-hydroxylation sites is 2. The smallest absolute Gasteiger partial charge is 0.236 e. The summed E-state index contributed by atoms with van der Waals surface area (Å²) < 4.78 is 31.5. The molecule has 0 atom stereocenters. The summed E-state index contributed by atoms with van der Waals surface area (Å²) in [4.78, 5) is 3.81. The van der Waals surface area contributed by atoms with Crippen molar-refractivity contribution in [3.63, 3.8) is 0 Å². The highest BCUT2D eigenvalue weighted by Crippen LogP contribution is 2.21. The largest absolute Gasteiger partial charge is 0.490 e. The van der Waals surface area contributed by atoms with Gasteiger partial charge in [-0.1, -0.05) is 23.7 Å². The molecule has 1 heterocycles. The van der Waals surface area contributed by atoms with Crippen LogP contribution in [0.15, 0.2) is 42.7 Å². The van der Waals surface area contributed by atoms with Crippen LogP contribution in [0, 0.1) is 0 Å². The number of pyridine rings is 1. The maximum atomic E-state index is 11.9. The fraction of sp³-hybridized carbons (Fsp3) is 0.154. The molecule has 0 saturated heterocycles. The summed E-state index contributed by atoms with van der Waals surface area (Å²) in [5.74, 6) is 0.221. The highest BCUT2D eigenvalue weighted by Gasteiger charge is 2.13. The van der Waals surface area contributed by atoms with E-state index in [1.807, 2.05) is 0 Å². The highest BCUT2D eigenvalue weighted by molar-refractivity contribution is 7.92. The van der Waals surface area contributed by atoms with E-state index in [-0.39, 0.29) is 23.1 Å². The first kappa shape index (κ1) is 15.4. The van der Waals surface area contributed by atoms with E-state index in [1.165, 1.54) is 18.5 Å². The van der Waals surface area contributed by atoms with Gasteiger partial charge in [0.1, 0.15) is 18.1 Å². The Morgan fingerprint density at radius 1 is 1.29 bits per heavy atom. The molecule has 2 aromatic rings. The fourth-order valence-electron chi connectivity index (χ4n) is 1.54. The Bertz CT molecular complexity index is 722. The average molecular weight is 328 g/mol. The molecule has 0 unspecified atom stereocenters. The highest BCUT2D eigenvalue weighted by atomic mass is 35.5. The lowest BCUT2D eigenvalue weighted by Gasteiger charge is -2.11. The Morgan fingerprint density at radius 3 is 2.76 bits per heavy atom. The van der Waals surface area contributed by atoms with Crippen LogP contribution in [0.25, 0.3) is 0 Å². The number of benzene rings is 1. The Balaban J connectivity index is 1.93. The Kier molecular flexibility index (Phi) is 4.87. The zero-order valence-corrected chi connectivity index (χ0v) is 12.6. The molecule has 8 heteroatoms. The molecule has 0 saturated carbocycles. The van der Waals surface area contributed by atoms with E-state index in [1.54, 1.807) is 24.3 Å². The molecule has 6 nitrogen and oxygen atoms in total. The summed E-state index contributed by atoms with van der Waals surface area (Å²) >= 11 is 5.87. The van der Waals surface area contributed by atoms with Crippen LogP contribution < -0.4 is 15.2 Å². The third-order valence-corrected chi connectivity index (χ3v) is 4.13. The molecule has 0 radical (unpaired) electrons. The number of nitrogens with zero attached hydrogens (tertiary/aromatic N) is 1. The van der Waals surface area contributed by atoms with Gasteiger partial charge in [0.25, 0.3) is 0 Å². The molecule has 0 amide bonds. The molecule has 1 aromatic heterocycles. The molecule has 0 aliphatic rings. The summed E-state index contributed by atoms with van der Waals surface area (Å²) in [7, 11) is -3.58. The van der Waals surface area contributed by atoms with E-state index >= 15 is 0 Å². The molecular weight excluding hydrogens is 314 g/mol. The van der Waals surface area contributed by atoms with Crippen molar-refractivity contribution in [2.45, 2.75) is 0 Å². The van der Waals surface area contributed by atoms with Gasteiger partial charge in [-0.3, -0.25) is 9.71 Å². The lowest BCUT2D eigenvalue weighted by Crippen LogP contribution is -2.21. The first-order valence-corrected chi connectivity index (χ1v) is 8.08. The summed E-state index contributed by atoms with van der Waals surface area (Å²) in [6, 6.07) is 8.38. The molecule has 0 aliphatic carbocycles. The molecule has 2 rings (SSSR count). The SMILES string of the molecule is Nc1ccccc1OCCS(=O)(=O)Nc1cnccc1Cl. The minimum absolute atomic E-state index is 0.0264. The van der Waals surface area contributed by atoms with Gasteiger partial charge in [0.2, 0.25) is 10.0 Å². The quantitative estimate of drug-likeness (QED) is 0.793. The third kappa shape index (κ3) is 4.51. The summed E-state index contributed by atoms with van der Waals surface area (Å²) in [6.07, 6.45) is 2.82. The molecule has 0 fully saturated rings. The van der Waals surface area contributed by atoms with Crippen molar-refractivity contribution in [3.8, 4) is 5.75 Å². The lowest BCUT2D eigenvalue weighted by atomic mass is 10.3. The predicted molar refractivity (Wildman–Crippen MR) is 83.0 cm³/mol.